The van der Waals surface area contributed by atoms with Crippen LogP contribution in [0.5, 0.6) is 0 Å². The summed E-state index contributed by atoms with van der Waals surface area (Å²) in [5.74, 6) is 1.98. The van der Waals surface area contributed by atoms with Crippen molar-refractivity contribution in [2.75, 3.05) is 13.1 Å². The number of hydrogen-bond acceptors (Lipinski definition) is 2. The molecule has 4 saturated carbocycles. The van der Waals surface area contributed by atoms with Crippen molar-refractivity contribution in [2.45, 2.75) is 75.1 Å². The first-order valence-corrected chi connectivity index (χ1v) is 10.4. The number of piperidine rings is 1. The molecule has 1 saturated heterocycles. The van der Waals surface area contributed by atoms with Gasteiger partial charge in [0.15, 0.2) is 0 Å². The van der Waals surface area contributed by atoms with E-state index < -0.39 is 0 Å². The van der Waals surface area contributed by atoms with Gasteiger partial charge in [-0.05, 0) is 68.6 Å². The van der Waals surface area contributed by atoms with Gasteiger partial charge >= 0.3 is 0 Å². The van der Waals surface area contributed by atoms with Crippen LogP contribution in [0.1, 0.15) is 64.7 Å². The quantitative estimate of drug-likeness (QED) is 0.744. The number of carbonyl (C=O) groups is 2. The maximum Gasteiger partial charge on any atom is 0.223 e. The first kappa shape index (κ1) is 16.9. The lowest BCUT2D eigenvalue weighted by atomic mass is 9.48. The van der Waals surface area contributed by atoms with E-state index in [1.54, 1.807) is 6.92 Å². The first-order valence-electron chi connectivity index (χ1n) is 9.59. The van der Waals surface area contributed by atoms with Crippen molar-refractivity contribution in [1.82, 2.24) is 10.2 Å². The molecule has 5 aliphatic rings. The highest BCUT2D eigenvalue weighted by atomic mass is 79.9. The van der Waals surface area contributed by atoms with Crippen LogP contribution in [0.3, 0.4) is 0 Å². The third-order valence-electron chi connectivity index (χ3n) is 6.82. The smallest absolute Gasteiger partial charge is 0.223 e. The molecule has 2 amide bonds. The zero-order chi connectivity index (χ0) is 16.9. The van der Waals surface area contributed by atoms with Crippen LogP contribution in [0, 0.1) is 17.3 Å². The molecule has 3 atom stereocenters. The normalized spacial score (nSPS) is 43.8. The van der Waals surface area contributed by atoms with E-state index in [0.717, 1.165) is 37.6 Å². The van der Waals surface area contributed by atoms with Crippen molar-refractivity contribution in [3.05, 3.63) is 0 Å². The van der Waals surface area contributed by atoms with Crippen molar-refractivity contribution < 1.29 is 9.59 Å². The highest BCUT2D eigenvalue weighted by Gasteiger charge is 2.57. The summed E-state index contributed by atoms with van der Waals surface area (Å²) in [6.45, 7) is 3.11. The van der Waals surface area contributed by atoms with Crippen molar-refractivity contribution >= 4 is 27.7 Å². The lowest BCUT2D eigenvalue weighted by Gasteiger charge is -2.60. The van der Waals surface area contributed by atoms with Crippen molar-refractivity contribution in [2.24, 2.45) is 17.3 Å². The van der Waals surface area contributed by atoms with Crippen LogP contribution < -0.4 is 5.32 Å². The highest BCUT2D eigenvalue weighted by molar-refractivity contribution is 9.10. The van der Waals surface area contributed by atoms with Gasteiger partial charge in [0.1, 0.15) is 0 Å². The van der Waals surface area contributed by atoms with Crippen LogP contribution in [0.25, 0.3) is 0 Å². The Bertz CT molecular complexity index is 535. The number of hydrogen-bond donors (Lipinski definition) is 1. The Labute approximate surface area is 153 Å². The summed E-state index contributed by atoms with van der Waals surface area (Å²) in [4.78, 5) is 26.3. The van der Waals surface area contributed by atoms with Gasteiger partial charge in [0.2, 0.25) is 11.8 Å². The van der Waals surface area contributed by atoms with Crippen molar-refractivity contribution in [3.63, 3.8) is 0 Å². The Balaban J connectivity index is 1.41. The molecule has 1 N–H and O–H groups in total. The molecule has 0 aromatic carbocycles. The van der Waals surface area contributed by atoms with Gasteiger partial charge in [-0.2, -0.15) is 0 Å². The van der Waals surface area contributed by atoms with Gasteiger partial charge in [0.25, 0.3) is 0 Å². The second-order valence-electron chi connectivity index (χ2n) is 9.17. The second kappa shape index (κ2) is 6.00. The molecule has 5 rings (SSSR count). The Morgan fingerprint density at radius 1 is 1.21 bits per heavy atom. The molecular formula is C19H29BrN2O2. The number of rotatable bonds is 3. The zero-order valence-electron chi connectivity index (χ0n) is 14.7. The van der Waals surface area contributed by atoms with E-state index in [1.807, 2.05) is 4.90 Å². The monoisotopic (exact) mass is 396 g/mol. The molecule has 134 valence electrons. The highest BCUT2D eigenvalue weighted by Crippen LogP contribution is 2.65. The number of carbonyl (C=O) groups excluding carboxylic acids is 2. The third kappa shape index (κ3) is 3.25. The molecule has 5 fully saturated rings. The second-order valence-corrected chi connectivity index (χ2v) is 10.9. The largest absolute Gasteiger partial charge is 0.352 e. The first-order chi connectivity index (χ1) is 11.3. The SMILES string of the molecule is CC(=O)N[C@H]1CCCN(C(=O)CC23C[C@H]4C[C@@H](CC(Br)(C4)C2)C3)C1. The topological polar surface area (TPSA) is 49.4 Å². The Hall–Kier alpha value is -0.580. The van der Waals surface area contributed by atoms with E-state index in [4.69, 9.17) is 0 Å². The number of likely N-dealkylation sites (tertiary alicyclic amines) is 1. The molecule has 0 spiro atoms. The lowest BCUT2D eigenvalue weighted by molar-refractivity contribution is -0.140. The number of alkyl halides is 1. The fraction of sp³-hybridized carbons (Fsp3) is 0.895. The molecular weight excluding hydrogens is 368 g/mol. The number of nitrogens with one attached hydrogen (secondary N) is 1. The summed E-state index contributed by atoms with van der Waals surface area (Å²) in [6, 6.07) is 0.138. The van der Waals surface area contributed by atoms with Crippen LogP contribution in [-0.4, -0.2) is 40.2 Å². The minimum Gasteiger partial charge on any atom is -0.352 e. The van der Waals surface area contributed by atoms with Crippen molar-refractivity contribution in [1.29, 1.82) is 0 Å². The van der Waals surface area contributed by atoms with Crippen LogP contribution in [0.15, 0.2) is 0 Å². The summed E-state index contributed by atoms with van der Waals surface area (Å²) >= 11 is 4.04. The van der Waals surface area contributed by atoms with E-state index in [-0.39, 0.29) is 17.4 Å². The lowest BCUT2D eigenvalue weighted by Crippen LogP contribution is -2.55. The average molecular weight is 397 g/mol. The average Bonchev–Trinajstić information content (AvgIpc) is 2.43. The van der Waals surface area contributed by atoms with Gasteiger partial charge in [0, 0.05) is 36.8 Å². The molecule has 0 unspecified atom stereocenters. The Kier molecular flexibility index (Phi) is 4.21. The fourth-order valence-corrected chi connectivity index (χ4v) is 8.09. The van der Waals surface area contributed by atoms with Crippen LogP contribution in [0.4, 0.5) is 0 Å². The van der Waals surface area contributed by atoms with Crippen LogP contribution in [0.2, 0.25) is 0 Å². The van der Waals surface area contributed by atoms with Crippen LogP contribution in [-0.2, 0) is 9.59 Å². The zero-order valence-corrected chi connectivity index (χ0v) is 16.2. The molecule has 0 radical (unpaired) electrons. The van der Waals surface area contributed by atoms with E-state index in [2.05, 4.69) is 21.2 Å². The minimum absolute atomic E-state index is 0.0108. The number of halogens is 1. The molecule has 4 aliphatic carbocycles. The number of nitrogens with zero attached hydrogens (tertiary/aromatic N) is 1. The van der Waals surface area contributed by atoms with E-state index in [0.29, 0.717) is 16.8 Å². The predicted molar refractivity (Wildman–Crippen MR) is 96.8 cm³/mol. The minimum atomic E-state index is 0.0108. The van der Waals surface area contributed by atoms with E-state index in [9.17, 15) is 9.59 Å². The fourth-order valence-electron chi connectivity index (χ4n) is 6.58. The van der Waals surface area contributed by atoms with Crippen LogP contribution >= 0.6 is 15.9 Å². The van der Waals surface area contributed by atoms with Gasteiger partial charge in [-0.1, -0.05) is 15.9 Å². The summed E-state index contributed by atoms with van der Waals surface area (Å²) in [6.07, 6.45) is 10.4. The summed E-state index contributed by atoms with van der Waals surface area (Å²) in [7, 11) is 0. The number of amides is 2. The maximum atomic E-state index is 13.0. The standard InChI is InChI=1S/C19H29BrN2O2/c1-13(23)21-16-3-2-4-22(11-16)17(24)10-18-6-14-5-15(7-18)9-19(20,8-14)12-18/h14-16H,2-12H2,1H3,(H,21,23)/t14-,15-,16+,18?,19?/m1/s1. The van der Waals surface area contributed by atoms with Gasteiger partial charge in [-0.15, -0.1) is 0 Å². The van der Waals surface area contributed by atoms with Gasteiger partial charge in [-0.3, -0.25) is 9.59 Å². The molecule has 4 bridgehead atoms. The van der Waals surface area contributed by atoms with Crippen molar-refractivity contribution in [3.8, 4) is 0 Å². The summed E-state index contributed by atoms with van der Waals surface area (Å²) < 4.78 is 0.317. The molecule has 0 aromatic heterocycles. The van der Waals surface area contributed by atoms with Gasteiger partial charge in [-0.25, -0.2) is 0 Å². The molecule has 5 heteroatoms. The van der Waals surface area contributed by atoms with E-state index in [1.165, 1.54) is 38.5 Å². The molecule has 1 aliphatic heterocycles. The van der Waals surface area contributed by atoms with Gasteiger partial charge in [0.05, 0.1) is 0 Å². The molecule has 24 heavy (non-hydrogen) atoms. The molecule has 1 heterocycles. The Morgan fingerprint density at radius 3 is 2.54 bits per heavy atom. The van der Waals surface area contributed by atoms with Gasteiger partial charge < -0.3 is 10.2 Å². The maximum absolute atomic E-state index is 13.0. The predicted octanol–water partition coefficient (Wildman–Crippen LogP) is 3.24. The molecule has 0 aromatic rings. The Morgan fingerprint density at radius 2 is 1.92 bits per heavy atom. The summed E-state index contributed by atoms with van der Waals surface area (Å²) in [5.41, 5.74) is 0.242. The molecule has 4 nitrogen and oxygen atoms in total. The third-order valence-corrected chi connectivity index (χ3v) is 7.75. The summed E-state index contributed by atoms with van der Waals surface area (Å²) in [5, 5.41) is 2.99. The van der Waals surface area contributed by atoms with E-state index >= 15 is 0 Å².